The van der Waals surface area contributed by atoms with Crippen LogP contribution in [-0.4, -0.2) is 30.4 Å². The van der Waals surface area contributed by atoms with Crippen LogP contribution in [0.2, 0.25) is 0 Å². The highest BCUT2D eigenvalue weighted by Gasteiger charge is 2.15. The molecule has 0 aromatic heterocycles. The Balaban J connectivity index is 0.00000560. The smallest absolute Gasteiger partial charge is 0.255 e. The van der Waals surface area contributed by atoms with E-state index in [1.165, 1.54) is 75.5 Å². The van der Waals surface area contributed by atoms with E-state index in [1.54, 1.807) is 19.2 Å². The lowest BCUT2D eigenvalue weighted by molar-refractivity contribution is 0.102. The third-order valence-electron chi connectivity index (χ3n) is 7.14. The fraction of sp³-hybridized carbons (Fsp3) is 0.545. The summed E-state index contributed by atoms with van der Waals surface area (Å²) in [7, 11) is 1.63. The van der Waals surface area contributed by atoms with Crippen LogP contribution in [0.5, 0.6) is 11.5 Å². The molecule has 5 nitrogen and oxygen atoms in total. The van der Waals surface area contributed by atoms with E-state index in [-0.39, 0.29) is 22.9 Å². The van der Waals surface area contributed by atoms with Gasteiger partial charge in [0, 0.05) is 24.0 Å². The largest absolute Gasteiger partial charge is 0.493 e. The number of anilines is 1. The van der Waals surface area contributed by atoms with Crippen molar-refractivity contribution >= 4 is 40.3 Å². The standard InChI is InChI=1S/C33H48N2O3S.BrH/c1-4-5-6-7-8-9-10-11-12-13-14-17-22-38-32-23-28(20-21-31(32)37-3)33(36)34-30-19-16-15-18-29(30)25-35-24-27(2)39-26-35;/h15-16,18-21,23-24H,4-14,17,22,25-26H2,1-3H3,(H,34,36);1H. The van der Waals surface area contributed by atoms with E-state index in [2.05, 4.69) is 36.3 Å². The molecule has 0 saturated carbocycles. The fourth-order valence-corrected chi connectivity index (χ4v) is 5.62. The maximum atomic E-state index is 13.2. The summed E-state index contributed by atoms with van der Waals surface area (Å²) in [5.41, 5.74) is 2.48. The van der Waals surface area contributed by atoms with Crippen molar-refractivity contribution in [3.63, 3.8) is 0 Å². The van der Waals surface area contributed by atoms with Gasteiger partial charge in [-0.05, 0) is 48.1 Å². The number of nitrogens with one attached hydrogen (secondary N) is 1. The summed E-state index contributed by atoms with van der Waals surface area (Å²) < 4.78 is 11.6. The van der Waals surface area contributed by atoms with Crippen LogP contribution in [0.15, 0.2) is 53.6 Å². The summed E-state index contributed by atoms with van der Waals surface area (Å²) in [6.07, 6.45) is 17.9. The molecule has 0 spiro atoms. The van der Waals surface area contributed by atoms with Crippen molar-refractivity contribution in [1.29, 1.82) is 0 Å². The summed E-state index contributed by atoms with van der Waals surface area (Å²) in [4.78, 5) is 16.7. The summed E-state index contributed by atoms with van der Waals surface area (Å²) in [6.45, 7) is 5.78. The molecule has 0 unspecified atom stereocenters. The molecular formula is C33H49BrN2O3S. The Kier molecular flexibility index (Phi) is 16.9. The third kappa shape index (κ3) is 12.2. The molecule has 1 aliphatic heterocycles. The van der Waals surface area contributed by atoms with Crippen LogP contribution in [0.1, 0.15) is 107 Å². The fourth-order valence-electron chi connectivity index (χ4n) is 4.86. The zero-order valence-electron chi connectivity index (χ0n) is 24.7. The van der Waals surface area contributed by atoms with E-state index in [9.17, 15) is 4.79 Å². The Morgan fingerprint density at radius 2 is 1.55 bits per heavy atom. The number of allylic oxidation sites excluding steroid dienone is 1. The van der Waals surface area contributed by atoms with Gasteiger partial charge < -0.3 is 19.7 Å². The first-order valence-corrected chi connectivity index (χ1v) is 15.8. The van der Waals surface area contributed by atoms with Crippen molar-refractivity contribution in [3.05, 3.63) is 64.7 Å². The van der Waals surface area contributed by atoms with Gasteiger partial charge in [-0.1, -0.05) is 95.8 Å². The maximum Gasteiger partial charge on any atom is 0.255 e. The van der Waals surface area contributed by atoms with E-state index in [0.717, 1.165) is 30.1 Å². The van der Waals surface area contributed by atoms with E-state index in [0.29, 0.717) is 23.7 Å². The Morgan fingerprint density at radius 1 is 0.900 bits per heavy atom. The number of ether oxygens (including phenoxy) is 2. The molecule has 0 radical (unpaired) electrons. The zero-order valence-corrected chi connectivity index (χ0v) is 27.2. The van der Waals surface area contributed by atoms with Crippen molar-refractivity contribution in [3.8, 4) is 11.5 Å². The van der Waals surface area contributed by atoms with E-state index in [4.69, 9.17) is 9.47 Å². The van der Waals surface area contributed by atoms with Crippen molar-refractivity contribution in [2.45, 2.75) is 97.4 Å². The van der Waals surface area contributed by atoms with Gasteiger partial charge in [-0.2, -0.15) is 0 Å². The Hall–Kier alpha value is -2.12. The second-order valence-corrected chi connectivity index (χ2v) is 11.7. The first-order valence-electron chi connectivity index (χ1n) is 14.9. The number of halogens is 1. The SMILES string of the molecule is Br.CCCCCCCCCCCCCCOc1cc(C(=O)Nc2ccccc2CN2C=C(C)SC2)ccc1OC. The number of hydrogen-bond donors (Lipinski definition) is 1. The first-order chi connectivity index (χ1) is 19.1. The van der Waals surface area contributed by atoms with Gasteiger partial charge in [0.25, 0.3) is 5.91 Å². The number of methoxy groups -OCH3 is 1. The molecule has 0 fully saturated rings. The van der Waals surface area contributed by atoms with Gasteiger partial charge in [0.1, 0.15) is 0 Å². The highest BCUT2D eigenvalue weighted by molar-refractivity contribution is 8.93. The van der Waals surface area contributed by atoms with Crippen molar-refractivity contribution in [1.82, 2.24) is 4.90 Å². The topological polar surface area (TPSA) is 50.8 Å². The molecule has 0 atom stereocenters. The van der Waals surface area contributed by atoms with Crippen LogP contribution in [0.3, 0.4) is 0 Å². The van der Waals surface area contributed by atoms with Crippen LogP contribution in [-0.2, 0) is 6.54 Å². The number of rotatable bonds is 19. The molecular weight excluding hydrogens is 584 g/mol. The average Bonchev–Trinajstić information content (AvgIpc) is 3.36. The molecule has 3 rings (SSSR count). The molecule has 7 heteroatoms. The number of thioether (sulfide) groups is 1. The van der Waals surface area contributed by atoms with Gasteiger partial charge in [0.2, 0.25) is 0 Å². The molecule has 1 N–H and O–H groups in total. The highest BCUT2D eigenvalue weighted by atomic mass is 79.9. The van der Waals surface area contributed by atoms with Crippen LogP contribution < -0.4 is 14.8 Å². The predicted molar refractivity (Wildman–Crippen MR) is 176 cm³/mol. The number of amides is 1. The van der Waals surface area contributed by atoms with E-state index >= 15 is 0 Å². The minimum Gasteiger partial charge on any atom is -0.493 e. The minimum absolute atomic E-state index is 0. The van der Waals surface area contributed by atoms with Crippen molar-refractivity contribution in [2.24, 2.45) is 0 Å². The summed E-state index contributed by atoms with van der Waals surface area (Å²) in [6, 6.07) is 13.4. The third-order valence-corrected chi connectivity index (χ3v) is 8.16. The molecule has 222 valence electrons. The Labute approximate surface area is 257 Å². The normalized spacial score (nSPS) is 12.6. The van der Waals surface area contributed by atoms with Gasteiger partial charge in [-0.25, -0.2) is 0 Å². The molecule has 0 bridgehead atoms. The predicted octanol–water partition coefficient (Wildman–Crippen LogP) is 9.97. The monoisotopic (exact) mass is 632 g/mol. The van der Waals surface area contributed by atoms with Gasteiger partial charge in [-0.3, -0.25) is 4.79 Å². The molecule has 0 aliphatic carbocycles. The second kappa shape index (κ2) is 19.9. The second-order valence-electron chi connectivity index (χ2n) is 10.5. The van der Waals surface area contributed by atoms with Crippen LogP contribution in [0, 0.1) is 0 Å². The lowest BCUT2D eigenvalue weighted by Gasteiger charge is -2.18. The van der Waals surface area contributed by atoms with Crippen molar-refractivity contribution in [2.75, 3.05) is 24.9 Å². The molecule has 0 saturated heterocycles. The lowest BCUT2D eigenvalue weighted by atomic mass is 10.1. The number of unbranched alkanes of at least 4 members (excludes halogenated alkanes) is 11. The number of nitrogens with zero attached hydrogens (tertiary/aromatic N) is 1. The highest BCUT2D eigenvalue weighted by Crippen LogP contribution is 2.30. The Bertz CT molecular complexity index is 1050. The minimum atomic E-state index is -0.150. The van der Waals surface area contributed by atoms with E-state index < -0.39 is 0 Å². The molecule has 1 amide bonds. The van der Waals surface area contributed by atoms with Crippen molar-refractivity contribution < 1.29 is 14.3 Å². The average molecular weight is 634 g/mol. The Morgan fingerprint density at radius 3 is 2.17 bits per heavy atom. The summed E-state index contributed by atoms with van der Waals surface area (Å²) in [5, 5.41) is 3.10. The van der Waals surface area contributed by atoms with Gasteiger partial charge >= 0.3 is 0 Å². The number of para-hydroxylation sites is 1. The molecule has 1 heterocycles. The number of carbonyl (C=O) groups excluding carboxylic acids is 1. The molecule has 1 aliphatic rings. The van der Waals surface area contributed by atoms with Gasteiger partial charge in [-0.15, -0.1) is 28.7 Å². The number of hydrogen-bond acceptors (Lipinski definition) is 5. The molecule has 2 aromatic rings. The van der Waals surface area contributed by atoms with E-state index in [1.807, 2.05) is 36.0 Å². The van der Waals surface area contributed by atoms with Crippen LogP contribution in [0.25, 0.3) is 0 Å². The number of benzene rings is 2. The molecule has 40 heavy (non-hydrogen) atoms. The van der Waals surface area contributed by atoms with Gasteiger partial charge in [0.05, 0.1) is 19.6 Å². The maximum absolute atomic E-state index is 13.2. The lowest BCUT2D eigenvalue weighted by Crippen LogP contribution is -2.17. The van der Waals surface area contributed by atoms with Crippen LogP contribution >= 0.6 is 28.7 Å². The summed E-state index contributed by atoms with van der Waals surface area (Å²) >= 11 is 1.84. The zero-order chi connectivity index (χ0) is 27.7. The molecule has 2 aromatic carbocycles. The quantitative estimate of drug-likeness (QED) is 0.156. The van der Waals surface area contributed by atoms with Crippen LogP contribution in [0.4, 0.5) is 5.69 Å². The summed E-state index contributed by atoms with van der Waals surface area (Å²) in [5.74, 6) is 2.06. The first kappa shape index (κ1) is 34.1. The number of carbonyl (C=O) groups is 1. The van der Waals surface area contributed by atoms with Gasteiger partial charge in [0.15, 0.2) is 11.5 Å².